The van der Waals surface area contributed by atoms with Crippen molar-refractivity contribution >= 4 is 39.4 Å². The highest BCUT2D eigenvalue weighted by Gasteiger charge is 2.37. The minimum atomic E-state index is -0.229. The number of nitrogens with zero attached hydrogens (tertiary/aromatic N) is 4. The number of nitrogens with one attached hydrogen (secondary N) is 1. The van der Waals surface area contributed by atoms with Gasteiger partial charge in [-0.15, -0.1) is 11.3 Å². The van der Waals surface area contributed by atoms with Crippen molar-refractivity contribution in [1.82, 2.24) is 15.2 Å². The monoisotopic (exact) mass is 455 g/mol. The molecule has 6 nitrogen and oxygen atoms in total. The van der Waals surface area contributed by atoms with Gasteiger partial charge in [0.1, 0.15) is 4.83 Å². The van der Waals surface area contributed by atoms with Crippen molar-refractivity contribution in [3.63, 3.8) is 0 Å². The van der Waals surface area contributed by atoms with Crippen LogP contribution in [0.1, 0.15) is 34.8 Å². The number of thiophene rings is 1. The molecule has 4 aromatic rings. The van der Waals surface area contributed by atoms with Gasteiger partial charge in [-0.25, -0.2) is 10.1 Å². The summed E-state index contributed by atoms with van der Waals surface area (Å²) in [5.74, 6) is -0.229. The second kappa shape index (κ2) is 8.01. The molecule has 2 aromatic carbocycles. The van der Waals surface area contributed by atoms with E-state index >= 15 is 0 Å². The molecule has 166 valence electrons. The average Bonchev–Trinajstić information content (AvgIpc) is 3.44. The maximum absolute atomic E-state index is 12.8. The van der Waals surface area contributed by atoms with Crippen LogP contribution < -0.4 is 10.3 Å². The Morgan fingerprint density at radius 2 is 1.85 bits per heavy atom. The van der Waals surface area contributed by atoms with Gasteiger partial charge in [-0.05, 0) is 42.8 Å². The highest BCUT2D eigenvalue weighted by molar-refractivity contribution is 7.20. The fourth-order valence-electron chi connectivity index (χ4n) is 4.46. The highest BCUT2D eigenvalue weighted by atomic mass is 32.1. The van der Waals surface area contributed by atoms with E-state index in [0.717, 1.165) is 27.3 Å². The van der Waals surface area contributed by atoms with Gasteiger partial charge < -0.3 is 4.90 Å². The first-order valence-electron chi connectivity index (χ1n) is 10.8. The molecule has 1 amide bonds. The Morgan fingerprint density at radius 1 is 1.12 bits per heavy atom. The van der Waals surface area contributed by atoms with Gasteiger partial charge in [-0.3, -0.25) is 4.79 Å². The highest BCUT2D eigenvalue weighted by Crippen LogP contribution is 2.46. The molecule has 33 heavy (non-hydrogen) atoms. The van der Waals surface area contributed by atoms with Gasteiger partial charge in [-0.1, -0.05) is 50.2 Å². The van der Waals surface area contributed by atoms with Crippen LogP contribution in [0, 0.1) is 6.92 Å². The molecule has 3 heterocycles. The molecule has 0 fully saturated rings. The van der Waals surface area contributed by atoms with Crippen LogP contribution in [0.3, 0.4) is 0 Å². The van der Waals surface area contributed by atoms with Crippen LogP contribution in [0.2, 0.25) is 0 Å². The van der Waals surface area contributed by atoms with Gasteiger partial charge in [-0.2, -0.15) is 10.2 Å². The molecule has 1 aliphatic heterocycles. The third-order valence-corrected chi connectivity index (χ3v) is 7.29. The molecule has 0 spiro atoms. The van der Waals surface area contributed by atoms with E-state index < -0.39 is 0 Å². The van der Waals surface area contributed by atoms with Crippen molar-refractivity contribution in [3.05, 3.63) is 88.6 Å². The van der Waals surface area contributed by atoms with Gasteiger partial charge in [0.05, 0.1) is 16.3 Å². The van der Waals surface area contributed by atoms with Gasteiger partial charge in [0, 0.05) is 35.4 Å². The third-order valence-electron chi connectivity index (χ3n) is 6.18. The summed E-state index contributed by atoms with van der Waals surface area (Å²) in [4.78, 5) is 16.5. The van der Waals surface area contributed by atoms with Gasteiger partial charge >= 0.3 is 0 Å². The number of allylic oxidation sites excluding steroid dienone is 2. The average molecular weight is 456 g/mol. The van der Waals surface area contributed by atoms with Crippen molar-refractivity contribution in [2.75, 3.05) is 11.9 Å². The fourth-order valence-corrected chi connectivity index (χ4v) is 5.54. The van der Waals surface area contributed by atoms with Crippen molar-refractivity contribution in [1.29, 1.82) is 0 Å². The van der Waals surface area contributed by atoms with Crippen LogP contribution in [0.25, 0.3) is 15.9 Å². The molecule has 0 saturated carbocycles. The van der Waals surface area contributed by atoms with Crippen molar-refractivity contribution in [2.45, 2.75) is 26.2 Å². The molecule has 7 heteroatoms. The van der Waals surface area contributed by atoms with E-state index in [9.17, 15) is 4.79 Å². The summed E-state index contributed by atoms with van der Waals surface area (Å²) in [5.41, 5.74) is 8.00. The van der Waals surface area contributed by atoms with Gasteiger partial charge in [0.15, 0.2) is 0 Å². The smallest absolute Gasteiger partial charge is 0.281 e. The standard InChI is InChI=1S/C26H25N5OS/c1-17-19-16-22(33-25(19)31(29-17)18-10-6-5-7-11-18)24(32)28-27-15-14-23-26(2,3)20-12-8-9-13-21(20)30(23)4/h5-16H,1-4H3,(H,28,32)/b23-14+,27-15-. The Labute approximate surface area is 196 Å². The number of aromatic nitrogens is 2. The number of benzene rings is 2. The van der Waals surface area contributed by atoms with E-state index in [1.807, 2.05) is 60.1 Å². The zero-order chi connectivity index (χ0) is 23.2. The summed E-state index contributed by atoms with van der Waals surface area (Å²) in [6.07, 6.45) is 3.62. The number of hydrogen-bond donors (Lipinski definition) is 1. The number of rotatable bonds is 4. The SMILES string of the molecule is Cc1nn(-c2ccccc2)c2sc(C(=O)N/N=C\C=C3\N(C)c4ccccc4C3(C)C)cc12. The summed E-state index contributed by atoms with van der Waals surface area (Å²) in [5, 5.41) is 9.80. The van der Waals surface area contributed by atoms with Crippen LogP contribution >= 0.6 is 11.3 Å². The van der Waals surface area contributed by atoms with E-state index in [1.54, 1.807) is 6.21 Å². The number of fused-ring (bicyclic) bond motifs is 2. The number of anilines is 1. The molecular formula is C26H25N5OS. The van der Waals surface area contributed by atoms with Crippen LogP contribution in [-0.4, -0.2) is 28.9 Å². The maximum atomic E-state index is 12.8. The Balaban J connectivity index is 1.35. The second-order valence-electron chi connectivity index (χ2n) is 8.63. The largest absolute Gasteiger partial charge is 0.347 e. The van der Waals surface area contributed by atoms with Crippen molar-refractivity contribution in [2.24, 2.45) is 5.10 Å². The summed E-state index contributed by atoms with van der Waals surface area (Å²) >= 11 is 1.41. The summed E-state index contributed by atoms with van der Waals surface area (Å²) < 4.78 is 1.88. The number of aryl methyl sites for hydroxylation is 1. The number of hydrazone groups is 1. The number of carbonyl (C=O) groups excluding carboxylic acids is 1. The van der Waals surface area contributed by atoms with Crippen molar-refractivity contribution < 1.29 is 4.79 Å². The molecule has 0 saturated heterocycles. The van der Waals surface area contributed by atoms with E-state index in [0.29, 0.717) is 4.88 Å². The number of likely N-dealkylation sites (N-methyl/N-ethyl adjacent to an activating group) is 1. The molecular weight excluding hydrogens is 430 g/mol. The molecule has 0 atom stereocenters. The first-order valence-corrected chi connectivity index (χ1v) is 11.6. The van der Waals surface area contributed by atoms with Crippen LogP contribution in [0.5, 0.6) is 0 Å². The zero-order valence-electron chi connectivity index (χ0n) is 19.0. The molecule has 2 aromatic heterocycles. The predicted molar refractivity (Wildman–Crippen MR) is 136 cm³/mol. The molecule has 1 aliphatic rings. The second-order valence-corrected chi connectivity index (χ2v) is 9.67. The lowest BCUT2D eigenvalue weighted by molar-refractivity contribution is 0.0959. The summed E-state index contributed by atoms with van der Waals surface area (Å²) in [6, 6.07) is 20.2. The zero-order valence-corrected chi connectivity index (χ0v) is 19.9. The van der Waals surface area contributed by atoms with Crippen LogP contribution in [-0.2, 0) is 5.41 Å². The van der Waals surface area contributed by atoms with E-state index in [4.69, 9.17) is 0 Å². The lowest BCUT2D eigenvalue weighted by Gasteiger charge is -2.23. The minimum Gasteiger partial charge on any atom is -0.347 e. The van der Waals surface area contributed by atoms with Crippen molar-refractivity contribution in [3.8, 4) is 5.69 Å². The quantitative estimate of drug-likeness (QED) is 0.330. The van der Waals surface area contributed by atoms with Crippen LogP contribution in [0.15, 0.2) is 77.5 Å². The minimum absolute atomic E-state index is 0.131. The van der Waals surface area contributed by atoms with Gasteiger partial charge in [0.2, 0.25) is 0 Å². The Morgan fingerprint density at radius 3 is 2.61 bits per heavy atom. The number of hydrogen-bond acceptors (Lipinski definition) is 5. The Hall–Kier alpha value is -3.71. The molecule has 0 radical (unpaired) electrons. The first-order chi connectivity index (χ1) is 15.9. The topological polar surface area (TPSA) is 62.5 Å². The van der Waals surface area contributed by atoms with Gasteiger partial charge in [0.25, 0.3) is 5.91 Å². The maximum Gasteiger partial charge on any atom is 0.281 e. The fraction of sp³-hybridized carbons (Fsp3) is 0.192. The summed E-state index contributed by atoms with van der Waals surface area (Å²) in [7, 11) is 2.06. The molecule has 0 aliphatic carbocycles. The number of carbonyl (C=O) groups is 1. The number of amides is 1. The summed E-state index contributed by atoms with van der Waals surface area (Å²) in [6.45, 7) is 6.35. The number of para-hydroxylation sites is 2. The normalized spacial score (nSPS) is 16.1. The first kappa shape index (κ1) is 21.2. The lowest BCUT2D eigenvalue weighted by atomic mass is 9.84. The Bertz CT molecular complexity index is 1410. The molecule has 5 rings (SSSR count). The Kier molecular flexibility index (Phi) is 5.13. The predicted octanol–water partition coefficient (Wildman–Crippen LogP) is 5.42. The lowest BCUT2D eigenvalue weighted by Crippen LogP contribution is -2.23. The molecule has 1 N–H and O–H groups in total. The molecule has 0 unspecified atom stereocenters. The third kappa shape index (κ3) is 3.54. The van der Waals surface area contributed by atoms with E-state index in [-0.39, 0.29) is 11.3 Å². The van der Waals surface area contributed by atoms with E-state index in [2.05, 4.69) is 59.6 Å². The van der Waals surface area contributed by atoms with E-state index in [1.165, 1.54) is 22.6 Å². The molecule has 0 bridgehead atoms. The van der Waals surface area contributed by atoms with Crippen LogP contribution in [0.4, 0.5) is 5.69 Å².